The highest BCUT2D eigenvalue weighted by atomic mass is 16.6. The molecule has 0 amide bonds. The Bertz CT molecular complexity index is 262. The normalized spacial score (nSPS) is 27.5. The minimum absolute atomic E-state index is 0.0154. The zero-order valence-corrected chi connectivity index (χ0v) is 13.3. The van der Waals surface area contributed by atoms with E-state index in [-0.39, 0.29) is 11.6 Å². The van der Waals surface area contributed by atoms with Gasteiger partial charge in [0.05, 0.1) is 0 Å². The Morgan fingerprint density at radius 2 is 1.84 bits per heavy atom. The van der Waals surface area contributed by atoms with E-state index in [4.69, 9.17) is 4.74 Å². The molecule has 0 atom stereocenters. The van der Waals surface area contributed by atoms with Crippen molar-refractivity contribution in [2.24, 2.45) is 11.8 Å². The summed E-state index contributed by atoms with van der Waals surface area (Å²) < 4.78 is 5.75. The largest absolute Gasteiger partial charge is 0.459 e. The summed E-state index contributed by atoms with van der Waals surface area (Å²) in [7, 11) is 0. The highest BCUT2D eigenvalue weighted by Crippen LogP contribution is 2.38. The van der Waals surface area contributed by atoms with Crippen LogP contribution in [-0.2, 0) is 9.53 Å². The third-order valence-electron chi connectivity index (χ3n) is 4.63. The number of carbonyl (C=O) groups is 1. The smallest absolute Gasteiger partial charge is 0.306 e. The summed E-state index contributed by atoms with van der Waals surface area (Å²) in [6.45, 7) is 8.90. The van der Waals surface area contributed by atoms with Crippen LogP contribution in [0.1, 0.15) is 85.5 Å². The summed E-state index contributed by atoms with van der Waals surface area (Å²) in [5.74, 6) is 1.59. The molecule has 0 radical (unpaired) electrons. The molecule has 1 aliphatic carbocycles. The minimum Gasteiger partial charge on any atom is -0.459 e. The molecule has 1 aliphatic rings. The monoisotopic (exact) mass is 268 g/mol. The van der Waals surface area contributed by atoms with Gasteiger partial charge >= 0.3 is 5.97 Å². The fourth-order valence-electron chi connectivity index (χ4n) is 3.04. The van der Waals surface area contributed by atoms with Crippen molar-refractivity contribution in [3.8, 4) is 0 Å². The van der Waals surface area contributed by atoms with Gasteiger partial charge in [0.1, 0.15) is 5.60 Å². The lowest BCUT2D eigenvalue weighted by molar-refractivity contribution is -0.162. The first-order valence-corrected chi connectivity index (χ1v) is 8.18. The van der Waals surface area contributed by atoms with Crippen LogP contribution in [0.5, 0.6) is 0 Å². The van der Waals surface area contributed by atoms with E-state index in [1.54, 1.807) is 0 Å². The Morgan fingerprint density at radius 3 is 2.37 bits per heavy atom. The zero-order valence-electron chi connectivity index (χ0n) is 13.3. The SMILES string of the molecule is CCCCCCC(=O)OC1(C)CCC(C(C)C)CC1. The Balaban J connectivity index is 2.26. The molecule has 2 nitrogen and oxygen atoms in total. The molecule has 0 spiro atoms. The number of unbranched alkanes of at least 4 members (excludes halogenated alkanes) is 3. The molecule has 0 bridgehead atoms. The second-order valence-electron chi connectivity index (χ2n) is 6.82. The van der Waals surface area contributed by atoms with Gasteiger partial charge in [-0.15, -0.1) is 0 Å². The second-order valence-corrected chi connectivity index (χ2v) is 6.82. The molecule has 0 unspecified atom stereocenters. The highest BCUT2D eigenvalue weighted by Gasteiger charge is 2.34. The van der Waals surface area contributed by atoms with Crippen molar-refractivity contribution >= 4 is 5.97 Å². The number of carbonyl (C=O) groups excluding carboxylic acids is 1. The quantitative estimate of drug-likeness (QED) is 0.474. The van der Waals surface area contributed by atoms with Crippen LogP contribution in [0.25, 0.3) is 0 Å². The van der Waals surface area contributed by atoms with Crippen molar-refractivity contribution in [1.29, 1.82) is 0 Å². The van der Waals surface area contributed by atoms with Gasteiger partial charge in [0.15, 0.2) is 0 Å². The van der Waals surface area contributed by atoms with Gasteiger partial charge in [0, 0.05) is 6.42 Å². The second kappa shape index (κ2) is 7.91. The average Bonchev–Trinajstić information content (AvgIpc) is 2.34. The van der Waals surface area contributed by atoms with Gasteiger partial charge in [-0.25, -0.2) is 0 Å². The van der Waals surface area contributed by atoms with E-state index in [1.165, 1.54) is 25.7 Å². The van der Waals surface area contributed by atoms with E-state index < -0.39 is 0 Å². The molecular formula is C17H32O2. The van der Waals surface area contributed by atoms with Gasteiger partial charge in [-0.05, 0) is 50.9 Å². The first kappa shape index (κ1) is 16.5. The Morgan fingerprint density at radius 1 is 1.21 bits per heavy atom. The molecular weight excluding hydrogens is 236 g/mol. The predicted molar refractivity (Wildman–Crippen MR) is 80.1 cm³/mol. The van der Waals surface area contributed by atoms with Crippen LogP contribution in [-0.4, -0.2) is 11.6 Å². The standard InChI is InChI=1S/C17H32O2/c1-5-6-7-8-9-16(18)19-17(4)12-10-15(11-13-17)14(2)3/h14-15H,5-13H2,1-4H3. The highest BCUT2D eigenvalue weighted by molar-refractivity contribution is 5.69. The van der Waals surface area contributed by atoms with E-state index in [1.807, 2.05) is 0 Å². The van der Waals surface area contributed by atoms with Crippen LogP contribution in [0.4, 0.5) is 0 Å². The van der Waals surface area contributed by atoms with Crippen LogP contribution >= 0.6 is 0 Å². The lowest BCUT2D eigenvalue weighted by Gasteiger charge is -2.38. The van der Waals surface area contributed by atoms with Crippen molar-refractivity contribution in [3.63, 3.8) is 0 Å². The van der Waals surface area contributed by atoms with E-state index in [2.05, 4.69) is 27.7 Å². The maximum atomic E-state index is 11.9. The minimum atomic E-state index is -0.187. The molecule has 19 heavy (non-hydrogen) atoms. The van der Waals surface area contributed by atoms with Gasteiger partial charge in [-0.3, -0.25) is 4.79 Å². The Hall–Kier alpha value is -0.530. The third-order valence-corrected chi connectivity index (χ3v) is 4.63. The summed E-state index contributed by atoms with van der Waals surface area (Å²) in [4.78, 5) is 11.9. The average molecular weight is 268 g/mol. The van der Waals surface area contributed by atoms with Gasteiger partial charge in [-0.1, -0.05) is 40.0 Å². The van der Waals surface area contributed by atoms with Crippen molar-refractivity contribution in [1.82, 2.24) is 0 Å². The molecule has 2 heteroatoms. The molecule has 1 saturated carbocycles. The van der Waals surface area contributed by atoms with Crippen LogP contribution < -0.4 is 0 Å². The Labute approximate surface area is 119 Å². The molecule has 1 fully saturated rings. The summed E-state index contributed by atoms with van der Waals surface area (Å²) in [6.07, 6.45) is 9.66. The van der Waals surface area contributed by atoms with Crippen molar-refractivity contribution in [2.75, 3.05) is 0 Å². The maximum absolute atomic E-state index is 11.9. The van der Waals surface area contributed by atoms with Crippen LogP contribution in [0.2, 0.25) is 0 Å². The van der Waals surface area contributed by atoms with Gasteiger partial charge < -0.3 is 4.74 Å². The number of hydrogen-bond donors (Lipinski definition) is 0. The summed E-state index contributed by atoms with van der Waals surface area (Å²) in [5.41, 5.74) is -0.187. The van der Waals surface area contributed by atoms with E-state index in [9.17, 15) is 4.79 Å². The van der Waals surface area contributed by atoms with E-state index >= 15 is 0 Å². The molecule has 0 heterocycles. The van der Waals surface area contributed by atoms with Crippen molar-refractivity contribution < 1.29 is 9.53 Å². The molecule has 0 N–H and O–H groups in total. The van der Waals surface area contributed by atoms with Crippen LogP contribution in [0.3, 0.4) is 0 Å². The van der Waals surface area contributed by atoms with Gasteiger partial charge in [-0.2, -0.15) is 0 Å². The maximum Gasteiger partial charge on any atom is 0.306 e. The number of esters is 1. The van der Waals surface area contributed by atoms with Crippen LogP contribution in [0.15, 0.2) is 0 Å². The number of rotatable bonds is 7. The fourth-order valence-corrected chi connectivity index (χ4v) is 3.04. The fraction of sp³-hybridized carbons (Fsp3) is 0.941. The summed E-state index contributed by atoms with van der Waals surface area (Å²) in [6, 6.07) is 0. The first-order valence-electron chi connectivity index (χ1n) is 8.18. The predicted octanol–water partition coefficient (Wildman–Crippen LogP) is 5.10. The van der Waals surface area contributed by atoms with Gasteiger partial charge in [0.2, 0.25) is 0 Å². The van der Waals surface area contributed by atoms with E-state index in [0.717, 1.165) is 37.5 Å². The molecule has 0 aromatic rings. The van der Waals surface area contributed by atoms with Crippen molar-refractivity contribution in [2.45, 2.75) is 91.1 Å². The first-order chi connectivity index (χ1) is 8.97. The topological polar surface area (TPSA) is 26.3 Å². The Kier molecular flexibility index (Phi) is 6.88. The molecule has 0 saturated heterocycles. The number of hydrogen-bond acceptors (Lipinski definition) is 2. The third kappa shape index (κ3) is 5.97. The molecule has 1 rings (SSSR count). The summed E-state index contributed by atoms with van der Waals surface area (Å²) in [5, 5.41) is 0. The molecule has 0 aromatic heterocycles. The molecule has 112 valence electrons. The molecule has 0 aromatic carbocycles. The van der Waals surface area contributed by atoms with Crippen molar-refractivity contribution in [3.05, 3.63) is 0 Å². The number of ether oxygens (including phenoxy) is 1. The van der Waals surface area contributed by atoms with Gasteiger partial charge in [0.25, 0.3) is 0 Å². The lowest BCUT2D eigenvalue weighted by Crippen LogP contribution is -2.37. The summed E-state index contributed by atoms with van der Waals surface area (Å²) >= 11 is 0. The van der Waals surface area contributed by atoms with Crippen LogP contribution in [0, 0.1) is 11.8 Å². The lowest BCUT2D eigenvalue weighted by atomic mass is 9.75. The molecule has 0 aliphatic heterocycles. The zero-order chi connectivity index (χ0) is 14.3. The van der Waals surface area contributed by atoms with E-state index in [0.29, 0.717) is 6.42 Å².